The van der Waals surface area contributed by atoms with Crippen LogP contribution in [-0.4, -0.2) is 22.6 Å². The smallest absolute Gasteiger partial charge is 0.244 e. The van der Waals surface area contributed by atoms with Crippen molar-refractivity contribution in [2.75, 3.05) is 14.2 Å². The number of sulfonamides is 1. The third-order valence-corrected chi connectivity index (χ3v) is 4.74. The molecule has 6 heteroatoms. The largest absolute Gasteiger partial charge is 0.496 e. The predicted molar refractivity (Wildman–Crippen MR) is 84.8 cm³/mol. The minimum Gasteiger partial charge on any atom is -0.496 e. The van der Waals surface area contributed by atoms with E-state index in [2.05, 4.69) is 4.72 Å². The SMILES string of the molecule is COc1cc(CNS(=O)(=O)c2ccccc2OC)ccc1C. The Hall–Kier alpha value is -2.05. The second-order valence-corrected chi connectivity index (χ2v) is 6.51. The van der Waals surface area contributed by atoms with E-state index in [4.69, 9.17) is 9.47 Å². The summed E-state index contributed by atoms with van der Waals surface area (Å²) in [5, 5.41) is 0. The molecular weight excluding hydrogens is 302 g/mol. The van der Waals surface area contributed by atoms with Crippen LogP contribution in [0.25, 0.3) is 0 Å². The lowest BCUT2D eigenvalue weighted by molar-refractivity contribution is 0.402. The average molecular weight is 321 g/mol. The van der Waals surface area contributed by atoms with Gasteiger partial charge in [-0.1, -0.05) is 24.3 Å². The number of rotatable bonds is 6. The van der Waals surface area contributed by atoms with Crippen molar-refractivity contribution in [2.24, 2.45) is 0 Å². The summed E-state index contributed by atoms with van der Waals surface area (Å²) in [4.78, 5) is 0.122. The van der Waals surface area contributed by atoms with E-state index in [0.717, 1.165) is 16.9 Å². The maximum atomic E-state index is 12.4. The van der Waals surface area contributed by atoms with Crippen LogP contribution in [0.3, 0.4) is 0 Å². The summed E-state index contributed by atoms with van der Waals surface area (Å²) in [5.74, 6) is 1.05. The number of para-hydroxylation sites is 1. The van der Waals surface area contributed by atoms with Gasteiger partial charge in [0.15, 0.2) is 0 Å². The van der Waals surface area contributed by atoms with Crippen LogP contribution in [0.5, 0.6) is 11.5 Å². The first-order valence-electron chi connectivity index (χ1n) is 6.74. The van der Waals surface area contributed by atoms with Gasteiger partial charge in [-0.2, -0.15) is 0 Å². The first-order valence-corrected chi connectivity index (χ1v) is 8.22. The molecule has 0 radical (unpaired) electrons. The first kappa shape index (κ1) is 16.3. The second kappa shape index (κ2) is 6.81. The van der Waals surface area contributed by atoms with Gasteiger partial charge in [0.05, 0.1) is 14.2 Å². The highest BCUT2D eigenvalue weighted by atomic mass is 32.2. The number of ether oxygens (including phenoxy) is 2. The van der Waals surface area contributed by atoms with Gasteiger partial charge < -0.3 is 9.47 Å². The van der Waals surface area contributed by atoms with Gasteiger partial charge in [0, 0.05) is 6.54 Å². The van der Waals surface area contributed by atoms with E-state index in [0.29, 0.717) is 5.75 Å². The lowest BCUT2D eigenvalue weighted by atomic mass is 10.1. The Bertz CT molecular complexity index is 756. The molecule has 0 bridgehead atoms. The molecule has 2 rings (SSSR count). The van der Waals surface area contributed by atoms with Crippen molar-refractivity contribution in [1.82, 2.24) is 4.72 Å². The third-order valence-electron chi connectivity index (χ3n) is 3.30. The van der Waals surface area contributed by atoms with Crippen molar-refractivity contribution in [2.45, 2.75) is 18.4 Å². The molecule has 0 aliphatic carbocycles. The summed E-state index contributed by atoms with van der Waals surface area (Å²) in [5.41, 5.74) is 1.82. The monoisotopic (exact) mass is 321 g/mol. The maximum Gasteiger partial charge on any atom is 0.244 e. The minimum absolute atomic E-state index is 0.122. The molecule has 0 unspecified atom stereocenters. The Labute approximate surface area is 130 Å². The van der Waals surface area contributed by atoms with Gasteiger partial charge in [0.25, 0.3) is 0 Å². The average Bonchev–Trinajstić information content (AvgIpc) is 2.54. The number of nitrogens with one attached hydrogen (secondary N) is 1. The maximum absolute atomic E-state index is 12.4. The molecule has 0 amide bonds. The van der Waals surface area contributed by atoms with Crippen molar-refractivity contribution < 1.29 is 17.9 Å². The van der Waals surface area contributed by atoms with Gasteiger partial charge in [-0.3, -0.25) is 0 Å². The molecule has 0 saturated carbocycles. The number of hydrogen-bond acceptors (Lipinski definition) is 4. The van der Waals surface area contributed by atoms with E-state index in [-0.39, 0.29) is 11.4 Å². The van der Waals surface area contributed by atoms with Crippen LogP contribution in [0.2, 0.25) is 0 Å². The fourth-order valence-electron chi connectivity index (χ4n) is 2.07. The van der Waals surface area contributed by atoms with E-state index in [9.17, 15) is 8.42 Å². The molecule has 0 aromatic heterocycles. The summed E-state index contributed by atoms with van der Waals surface area (Å²) in [7, 11) is -0.615. The molecule has 0 heterocycles. The third kappa shape index (κ3) is 3.58. The second-order valence-electron chi connectivity index (χ2n) is 4.78. The highest BCUT2D eigenvalue weighted by molar-refractivity contribution is 7.89. The van der Waals surface area contributed by atoms with Gasteiger partial charge in [0.2, 0.25) is 10.0 Å². The molecule has 0 spiro atoms. The Kier molecular flexibility index (Phi) is 5.05. The van der Waals surface area contributed by atoms with E-state index in [1.165, 1.54) is 13.2 Å². The molecule has 0 aliphatic heterocycles. The molecule has 2 aromatic carbocycles. The summed E-state index contributed by atoms with van der Waals surface area (Å²) in [6, 6.07) is 12.1. The van der Waals surface area contributed by atoms with Crippen LogP contribution in [0, 0.1) is 6.92 Å². The molecule has 22 heavy (non-hydrogen) atoms. The summed E-state index contributed by atoms with van der Waals surface area (Å²) in [6.45, 7) is 2.11. The van der Waals surface area contributed by atoms with Gasteiger partial charge in [-0.25, -0.2) is 13.1 Å². The molecule has 0 aliphatic rings. The Morgan fingerprint density at radius 1 is 1.00 bits per heavy atom. The summed E-state index contributed by atoms with van der Waals surface area (Å²) in [6.07, 6.45) is 0. The van der Waals surface area contributed by atoms with E-state index < -0.39 is 10.0 Å². The van der Waals surface area contributed by atoms with Crippen LogP contribution in [-0.2, 0) is 16.6 Å². The summed E-state index contributed by atoms with van der Waals surface area (Å²) < 4.78 is 37.7. The van der Waals surface area contributed by atoms with Crippen LogP contribution < -0.4 is 14.2 Å². The van der Waals surface area contributed by atoms with Crippen molar-refractivity contribution in [3.63, 3.8) is 0 Å². The van der Waals surface area contributed by atoms with Gasteiger partial charge in [0.1, 0.15) is 16.4 Å². The molecule has 2 aromatic rings. The van der Waals surface area contributed by atoms with Crippen LogP contribution in [0.4, 0.5) is 0 Å². The first-order chi connectivity index (χ1) is 10.5. The van der Waals surface area contributed by atoms with Crippen molar-refractivity contribution in [1.29, 1.82) is 0 Å². The minimum atomic E-state index is -3.65. The zero-order valence-corrected chi connectivity index (χ0v) is 13.6. The normalized spacial score (nSPS) is 11.2. The highest BCUT2D eigenvalue weighted by Crippen LogP contribution is 2.23. The van der Waals surface area contributed by atoms with Crippen LogP contribution >= 0.6 is 0 Å². The molecule has 118 valence electrons. The number of methoxy groups -OCH3 is 2. The summed E-state index contributed by atoms with van der Waals surface area (Å²) >= 11 is 0. The highest BCUT2D eigenvalue weighted by Gasteiger charge is 2.18. The molecule has 5 nitrogen and oxygen atoms in total. The van der Waals surface area contributed by atoms with Gasteiger partial charge in [-0.15, -0.1) is 0 Å². The molecule has 0 fully saturated rings. The predicted octanol–water partition coefficient (Wildman–Crippen LogP) is 2.49. The standard InChI is InChI=1S/C16H19NO4S/c1-12-8-9-13(10-15(12)21-3)11-17-22(18,19)16-7-5-4-6-14(16)20-2/h4-10,17H,11H2,1-3H3. The van der Waals surface area contributed by atoms with Crippen molar-refractivity contribution in [3.8, 4) is 11.5 Å². The Morgan fingerprint density at radius 3 is 2.36 bits per heavy atom. The Balaban J connectivity index is 2.20. The van der Waals surface area contributed by atoms with E-state index >= 15 is 0 Å². The topological polar surface area (TPSA) is 64.6 Å². The molecule has 0 atom stereocenters. The number of aryl methyl sites for hydroxylation is 1. The van der Waals surface area contributed by atoms with Crippen LogP contribution in [0.1, 0.15) is 11.1 Å². The number of hydrogen-bond donors (Lipinski definition) is 1. The fourth-order valence-corrected chi connectivity index (χ4v) is 3.26. The zero-order chi connectivity index (χ0) is 16.2. The van der Waals surface area contributed by atoms with E-state index in [1.807, 2.05) is 25.1 Å². The number of benzene rings is 2. The molecular formula is C16H19NO4S. The van der Waals surface area contributed by atoms with E-state index in [1.54, 1.807) is 25.3 Å². The quantitative estimate of drug-likeness (QED) is 0.888. The van der Waals surface area contributed by atoms with Crippen molar-refractivity contribution in [3.05, 3.63) is 53.6 Å². The molecule has 1 N–H and O–H groups in total. The van der Waals surface area contributed by atoms with Crippen LogP contribution in [0.15, 0.2) is 47.4 Å². The van der Waals surface area contributed by atoms with Gasteiger partial charge in [-0.05, 0) is 36.2 Å². The lowest BCUT2D eigenvalue weighted by Gasteiger charge is -2.11. The zero-order valence-electron chi connectivity index (χ0n) is 12.8. The van der Waals surface area contributed by atoms with Gasteiger partial charge >= 0.3 is 0 Å². The lowest BCUT2D eigenvalue weighted by Crippen LogP contribution is -2.23. The fraction of sp³-hybridized carbons (Fsp3) is 0.250. The van der Waals surface area contributed by atoms with Crippen molar-refractivity contribution >= 4 is 10.0 Å². The molecule has 0 saturated heterocycles. The Morgan fingerprint density at radius 2 is 1.68 bits per heavy atom.